The minimum atomic E-state index is -0.0907. The quantitative estimate of drug-likeness (QED) is 0.613. The molecular formula is C22H25NO2. The number of hydrogen-bond acceptors (Lipinski definition) is 2. The van der Waals surface area contributed by atoms with E-state index in [9.17, 15) is 9.59 Å². The molecule has 2 fully saturated rings. The second kappa shape index (κ2) is 6.62. The van der Waals surface area contributed by atoms with Gasteiger partial charge >= 0.3 is 0 Å². The van der Waals surface area contributed by atoms with Crippen molar-refractivity contribution in [1.82, 2.24) is 4.90 Å². The highest BCUT2D eigenvalue weighted by molar-refractivity contribution is 5.89. The first kappa shape index (κ1) is 16.3. The molecule has 3 heteroatoms. The monoisotopic (exact) mass is 335 g/mol. The number of hydrogen-bond donors (Lipinski definition) is 0. The van der Waals surface area contributed by atoms with Crippen molar-refractivity contribution in [2.24, 2.45) is 23.7 Å². The zero-order chi connectivity index (χ0) is 17.4. The fourth-order valence-electron chi connectivity index (χ4n) is 5.07. The van der Waals surface area contributed by atoms with Crippen LogP contribution in [0.4, 0.5) is 0 Å². The van der Waals surface area contributed by atoms with E-state index in [1.807, 2.05) is 30.3 Å². The predicted molar refractivity (Wildman–Crippen MR) is 97.3 cm³/mol. The number of carbonyl (C=O) groups excluding carboxylic acids is 2. The van der Waals surface area contributed by atoms with Crippen molar-refractivity contribution >= 4 is 12.3 Å². The molecule has 0 N–H and O–H groups in total. The van der Waals surface area contributed by atoms with Gasteiger partial charge in [-0.3, -0.25) is 14.5 Å². The van der Waals surface area contributed by atoms with Gasteiger partial charge < -0.3 is 0 Å². The summed E-state index contributed by atoms with van der Waals surface area (Å²) in [5, 5.41) is 0. The summed E-state index contributed by atoms with van der Waals surface area (Å²) >= 11 is 0. The zero-order valence-corrected chi connectivity index (χ0v) is 14.7. The molecule has 2 amide bonds. The maximum absolute atomic E-state index is 13.2. The van der Waals surface area contributed by atoms with E-state index in [0.29, 0.717) is 18.9 Å². The number of amides is 2. The highest BCUT2D eigenvalue weighted by Crippen LogP contribution is 2.55. The van der Waals surface area contributed by atoms with Gasteiger partial charge in [0.25, 0.3) is 0 Å². The van der Waals surface area contributed by atoms with E-state index >= 15 is 0 Å². The predicted octanol–water partition coefficient (Wildman–Crippen LogP) is 4.11. The molecule has 25 heavy (non-hydrogen) atoms. The average molecular weight is 335 g/mol. The van der Waals surface area contributed by atoms with Crippen LogP contribution in [0.3, 0.4) is 0 Å². The van der Waals surface area contributed by atoms with Crippen molar-refractivity contribution in [1.29, 1.82) is 0 Å². The maximum Gasteiger partial charge on any atom is 0.233 e. The molecule has 2 saturated carbocycles. The molecule has 2 bridgehead atoms. The first-order chi connectivity index (χ1) is 12.2. The molecule has 3 aliphatic rings. The Hall–Kier alpha value is -2.16. The lowest BCUT2D eigenvalue weighted by molar-refractivity contribution is -0.143. The highest BCUT2D eigenvalue weighted by atomic mass is 16.2. The Morgan fingerprint density at radius 2 is 1.80 bits per heavy atom. The average Bonchev–Trinajstić information content (AvgIpc) is 3.34. The molecule has 1 aromatic carbocycles. The molecule has 4 rings (SSSR count). The van der Waals surface area contributed by atoms with Gasteiger partial charge in [0.15, 0.2) is 0 Å². The summed E-state index contributed by atoms with van der Waals surface area (Å²) < 4.78 is 0. The van der Waals surface area contributed by atoms with E-state index in [-0.39, 0.29) is 23.7 Å². The third-order valence-corrected chi connectivity index (χ3v) is 6.27. The molecule has 0 unspecified atom stereocenters. The van der Waals surface area contributed by atoms with Crippen LogP contribution >= 0.6 is 0 Å². The summed E-state index contributed by atoms with van der Waals surface area (Å²) in [6, 6.07) is 9.74. The fraction of sp³-hybridized carbons (Fsp3) is 0.455. The van der Waals surface area contributed by atoms with Crippen LogP contribution in [0, 0.1) is 23.7 Å². The Labute approximate surface area is 149 Å². The summed E-state index contributed by atoms with van der Waals surface area (Å²) in [4.78, 5) is 26.2. The summed E-state index contributed by atoms with van der Waals surface area (Å²) in [5.41, 5.74) is 4.08. The number of fused-ring (bicyclic) bond motifs is 2. The molecule has 0 saturated heterocycles. The van der Waals surface area contributed by atoms with Crippen LogP contribution in [0.2, 0.25) is 0 Å². The Balaban J connectivity index is 1.58. The van der Waals surface area contributed by atoms with Crippen molar-refractivity contribution in [3.05, 3.63) is 59.2 Å². The lowest BCUT2D eigenvalue weighted by atomic mass is 9.83. The topological polar surface area (TPSA) is 37.4 Å². The van der Waals surface area contributed by atoms with Gasteiger partial charge in [0.2, 0.25) is 12.3 Å². The van der Waals surface area contributed by atoms with Crippen molar-refractivity contribution in [3.63, 3.8) is 0 Å². The van der Waals surface area contributed by atoms with Crippen LogP contribution in [0.1, 0.15) is 38.2 Å². The Morgan fingerprint density at radius 1 is 1.12 bits per heavy atom. The van der Waals surface area contributed by atoms with Crippen molar-refractivity contribution in [2.75, 3.05) is 0 Å². The van der Waals surface area contributed by atoms with E-state index in [1.165, 1.54) is 36.2 Å². The van der Waals surface area contributed by atoms with Crippen LogP contribution < -0.4 is 0 Å². The second-order valence-electron chi connectivity index (χ2n) is 7.64. The summed E-state index contributed by atoms with van der Waals surface area (Å²) in [6.45, 7) is 2.54. The van der Waals surface area contributed by atoms with E-state index in [1.54, 1.807) is 5.57 Å². The minimum absolute atomic E-state index is 0.0145. The Bertz CT molecular complexity index is 726. The molecule has 130 valence electrons. The number of carbonyl (C=O) groups is 2. The van der Waals surface area contributed by atoms with Gasteiger partial charge in [0.1, 0.15) is 0 Å². The number of benzene rings is 1. The first-order valence-corrected chi connectivity index (χ1v) is 9.40. The van der Waals surface area contributed by atoms with Crippen molar-refractivity contribution < 1.29 is 9.59 Å². The zero-order valence-electron chi connectivity index (χ0n) is 14.7. The molecule has 0 aromatic heterocycles. The van der Waals surface area contributed by atoms with Gasteiger partial charge in [0.05, 0.1) is 12.5 Å². The van der Waals surface area contributed by atoms with E-state index in [4.69, 9.17) is 0 Å². The van der Waals surface area contributed by atoms with Crippen LogP contribution in [0.15, 0.2) is 53.6 Å². The van der Waals surface area contributed by atoms with Crippen molar-refractivity contribution in [3.8, 4) is 0 Å². The molecule has 0 spiro atoms. The van der Waals surface area contributed by atoms with Crippen molar-refractivity contribution in [2.45, 2.75) is 39.2 Å². The van der Waals surface area contributed by atoms with Gasteiger partial charge in [0, 0.05) is 11.8 Å². The summed E-state index contributed by atoms with van der Waals surface area (Å²) in [6.07, 6.45) is 10.2. The molecule has 3 aliphatic carbocycles. The van der Waals surface area contributed by atoms with Crippen LogP contribution in [-0.4, -0.2) is 17.2 Å². The van der Waals surface area contributed by atoms with Gasteiger partial charge in [-0.1, -0.05) is 60.6 Å². The minimum Gasteiger partial charge on any atom is -0.280 e. The number of rotatable bonds is 4. The third-order valence-electron chi connectivity index (χ3n) is 6.27. The van der Waals surface area contributed by atoms with Gasteiger partial charge in [-0.15, -0.1) is 0 Å². The molecule has 1 aromatic rings. The fourth-order valence-corrected chi connectivity index (χ4v) is 5.07. The van der Waals surface area contributed by atoms with Crippen LogP contribution in [0.25, 0.3) is 0 Å². The molecule has 0 aliphatic heterocycles. The third kappa shape index (κ3) is 2.76. The summed E-state index contributed by atoms with van der Waals surface area (Å²) in [7, 11) is 0. The second-order valence-corrected chi connectivity index (χ2v) is 7.64. The number of allylic oxidation sites excluding steroid dienone is 4. The van der Waals surface area contributed by atoms with Crippen LogP contribution in [0.5, 0.6) is 0 Å². The lowest BCUT2D eigenvalue weighted by Crippen LogP contribution is -2.39. The number of nitrogens with zero attached hydrogens (tertiary/aromatic N) is 1. The molecule has 3 nitrogen and oxygen atoms in total. The Kier molecular flexibility index (Phi) is 4.32. The molecule has 4 atom stereocenters. The SMILES string of the molecule is C[C@@H]1[C@@H](C(=O)N(C=O)Cc2ccccc2)[C@H]2C=C[C@H]1C2=C1CCCC1. The lowest BCUT2D eigenvalue weighted by Gasteiger charge is -2.27. The molecular weight excluding hydrogens is 310 g/mol. The standard InChI is InChI=1S/C22H25NO2/c1-15-18-11-12-19(21(18)17-9-5-6-10-17)20(15)22(25)23(14-24)13-16-7-3-2-4-8-16/h2-4,7-8,11-12,14-15,18-20H,5-6,9-10,13H2,1H3/t15-,18+,19+,20+/m0/s1. The number of imide groups is 1. The molecule has 0 radical (unpaired) electrons. The largest absolute Gasteiger partial charge is 0.280 e. The maximum atomic E-state index is 13.2. The van der Waals surface area contributed by atoms with E-state index < -0.39 is 0 Å². The normalized spacial score (nSPS) is 30.1. The first-order valence-electron chi connectivity index (χ1n) is 9.40. The van der Waals surface area contributed by atoms with E-state index in [2.05, 4.69) is 19.1 Å². The van der Waals surface area contributed by atoms with E-state index in [0.717, 1.165) is 5.56 Å². The van der Waals surface area contributed by atoms with Gasteiger partial charge in [-0.25, -0.2) is 0 Å². The molecule has 0 heterocycles. The van der Waals surface area contributed by atoms with Gasteiger partial charge in [-0.2, -0.15) is 0 Å². The smallest absolute Gasteiger partial charge is 0.233 e. The summed E-state index contributed by atoms with van der Waals surface area (Å²) in [5.74, 6) is 0.784. The Morgan fingerprint density at radius 3 is 2.48 bits per heavy atom. The highest BCUT2D eigenvalue weighted by Gasteiger charge is 2.51. The van der Waals surface area contributed by atoms with Gasteiger partial charge in [-0.05, 0) is 37.2 Å². The van der Waals surface area contributed by atoms with Crippen LogP contribution in [-0.2, 0) is 16.1 Å².